The molecule has 1 heterocycles. The van der Waals surface area contributed by atoms with Gasteiger partial charge in [0.2, 0.25) is 5.91 Å². The predicted octanol–water partition coefficient (Wildman–Crippen LogP) is 2.68. The summed E-state index contributed by atoms with van der Waals surface area (Å²) in [6, 6.07) is 0.775. The van der Waals surface area contributed by atoms with E-state index < -0.39 is 0 Å². The van der Waals surface area contributed by atoms with E-state index in [1.165, 1.54) is 32.1 Å². The van der Waals surface area contributed by atoms with Gasteiger partial charge in [0, 0.05) is 49.7 Å². The van der Waals surface area contributed by atoms with Crippen molar-refractivity contribution in [1.29, 1.82) is 0 Å². The Balaban J connectivity index is 1.30. The summed E-state index contributed by atoms with van der Waals surface area (Å²) >= 11 is 0. The molecule has 6 nitrogen and oxygen atoms in total. The van der Waals surface area contributed by atoms with Crippen molar-refractivity contribution in [2.24, 2.45) is 16.3 Å². The van der Waals surface area contributed by atoms with Gasteiger partial charge in [-0.3, -0.25) is 9.79 Å². The second-order valence-corrected chi connectivity index (χ2v) is 9.18. The maximum atomic E-state index is 12.7. The molecule has 1 aliphatic heterocycles. The first-order valence-electron chi connectivity index (χ1n) is 11.6. The van der Waals surface area contributed by atoms with E-state index in [0.717, 1.165) is 57.9 Å². The van der Waals surface area contributed by atoms with Crippen molar-refractivity contribution in [2.75, 3.05) is 26.2 Å². The van der Waals surface area contributed by atoms with E-state index in [1.54, 1.807) is 0 Å². The molecule has 2 N–H and O–H groups in total. The molecule has 1 amide bonds. The summed E-state index contributed by atoms with van der Waals surface area (Å²) in [5.74, 6) is 1.59. The molecule has 3 unspecified atom stereocenters. The molecule has 0 radical (unpaired) electrons. The fourth-order valence-corrected chi connectivity index (χ4v) is 5.80. The maximum absolute atomic E-state index is 12.7. The first-order chi connectivity index (χ1) is 13.7. The Morgan fingerprint density at radius 2 is 1.93 bits per heavy atom. The average molecular weight is 391 g/mol. The summed E-state index contributed by atoms with van der Waals surface area (Å²) in [5.41, 5.74) is 0.326. The predicted molar refractivity (Wildman–Crippen MR) is 111 cm³/mol. The molecular weight excluding hydrogens is 352 g/mol. The highest BCUT2D eigenvalue weighted by Gasteiger charge is 2.59. The molecule has 6 heteroatoms. The SMILES string of the molecule is CCN=C(NC1CCN(C(=O)C2CCCC2)C1)NC1CC(OCC)C12CCC2. The van der Waals surface area contributed by atoms with Gasteiger partial charge >= 0.3 is 0 Å². The second kappa shape index (κ2) is 8.60. The molecule has 0 aromatic carbocycles. The molecular formula is C22H38N4O2. The van der Waals surface area contributed by atoms with Gasteiger partial charge in [-0.05, 0) is 52.4 Å². The minimum absolute atomic E-state index is 0.282. The van der Waals surface area contributed by atoms with Gasteiger partial charge in [-0.1, -0.05) is 19.3 Å². The second-order valence-electron chi connectivity index (χ2n) is 9.18. The zero-order chi connectivity index (χ0) is 19.6. The Hall–Kier alpha value is -1.30. The molecule has 0 bridgehead atoms. The van der Waals surface area contributed by atoms with Gasteiger partial charge < -0.3 is 20.3 Å². The fraction of sp³-hybridized carbons (Fsp3) is 0.909. The summed E-state index contributed by atoms with van der Waals surface area (Å²) in [4.78, 5) is 19.5. The molecule has 28 heavy (non-hydrogen) atoms. The van der Waals surface area contributed by atoms with Crippen molar-refractivity contribution < 1.29 is 9.53 Å². The van der Waals surface area contributed by atoms with Crippen LogP contribution < -0.4 is 10.6 Å². The van der Waals surface area contributed by atoms with Crippen LogP contribution in [0.5, 0.6) is 0 Å². The molecule has 158 valence electrons. The normalized spacial score (nSPS) is 32.3. The molecule has 1 spiro atoms. The Kier molecular flexibility index (Phi) is 6.14. The Morgan fingerprint density at radius 3 is 2.57 bits per heavy atom. The average Bonchev–Trinajstić information content (AvgIpc) is 3.31. The van der Waals surface area contributed by atoms with E-state index in [2.05, 4.69) is 29.4 Å². The van der Waals surface area contributed by atoms with E-state index >= 15 is 0 Å². The van der Waals surface area contributed by atoms with Crippen molar-refractivity contribution >= 4 is 11.9 Å². The van der Waals surface area contributed by atoms with Crippen LogP contribution >= 0.6 is 0 Å². The minimum Gasteiger partial charge on any atom is -0.378 e. The van der Waals surface area contributed by atoms with Gasteiger partial charge in [-0.2, -0.15) is 0 Å². The molecule has 3 aliphatic carbocycles. The van der Waals surface area contributed by atoms with Gasteiger partial charge in [-0.25, -0.2) is 0 Å². The summed E-state index contributed by atoms with van der Waals surface area (Å²) in [7, 11) is 0. The van der Waals surface area contributed by atoms with Crippen molar-refractivity contribution in [3.05, 3.63) is 0 Å². The van der Waals surface area contributed by atoms with E-state index in [4.69, 9.17) is 9.73 Å². The first kappa shape index (κ1) is 20.0. The minimum atomic E-state index is 0.282. The third-order valence-electron chi connectivity index (χ3n) is 7.61. The molecule has 3 atom stereocenters. The van der Waals surface area contributed by atoms with Crippen LogP contribution in [0.2, 0.25) is 0 Å². The van der Waals surface area contributed by atoms with E-state index in [-0.39, 0.29) is 5.92 Å². The van der Waals surface area contributed by atoms with Crippen LogP contribution in [0.3, 0.4) is 0 Å². The highest BCUT2D eigenvalue weighted by Crippen LogP contribution is 2.57. The third-order valence-corrected chi connectivity index (χ3v) is 7.61. The smallest absolute Gasteiger partial charge is 0.225 e. The topological polar surface area (TPSA) is 66.0 Å². The van der Waals surface area contributed by atoms with Crippen LogP contribution in [0.25, 0.3) is 0 Å². The largest absolute Gasteiger partial charge is 0.378 e. The van der Waals surface area contributed by atoms with Gasteiger partial charge in [-0.15, -0.1) is 0 Å². The van der Waals surface area contributed by atoms with E-state index in [1.807, 2.05) is 0 Å². The van der Waals surface area contributed by atoms with Crippen LogP contribution in [0, 0.1) is 11.3 Å². The van der Waals surface area contributed by atoms with Crippen LogP contribution in [0.15, 0.2) is 4.99 Å². The van der Waals surface area contributed by atoms with Gasteiger partial charge in [0.15, 0.2) is 5.96 Å². The van der Waals surface area contributed by atoms with Crippen molar-refractivity contribution in [1.82, 2.24) is 15.5 Å². The monoisotopic (exact) mass is 390 g/mol. The number of carbonyl (C=O) groups excluding carboxylic acids is 1. The number of hydrogen-bond acceptors (Lipinski definition) is 3. The number of amides is 1. The van der Waals surface area contributed by atoms with Crippen LogP contribution in [-0.4, -0.2) is 61.2 Å². The van der Waals surface area contributed by atoms with Crippen LogP contribution in [0.1, 0.15) is 71.6 Å². The summed E-state index contributed by atoms with van der Waals surface area (Å²) < 4.78 is 5.99. The lowest BCUT2D eigenvalue weighted by molar-refractivity contribution is -0.168. The Labute approximate surface area is 169 Å². The summed E-state index contributed by atoms with van der Waals surface area (Å²) in [6.07, 6.45) is 11.0. The number of likely N-dealkylation sites (tertiary alicyclic amines) is 1. The summed E-state index contributed by atoms with van der Waals surface area (Å²) in [5, 5.41) is 7.35. The lowest BCUT2D eigenvalue weighted by Crippen LogP contribution is -2.69. The standard InChI is InChI=1S/C22H38N4O2/c1-3-23-21(25-18-14-19(28-4-2)22(18)11-7-12-22)24-17-10-13-26(15-17)20(27)16-8-5-6-9-16/h16-19H,3-15H2,1-2H3,(H2,23,24,25). The van der Waals surface area contributed by atoms with Crippen molar-refractivity contribution in [3.63, 3.8) is 0 Å². The van der Waals surface area contributed by atoms with Crippen molar-refractivity contribution in [2.45, 2.75) is 89.8 Å². The first-order valence-corrected chi connectivity index (χ1v) is 11.6. The van der Waals surface area contributed by atoms with Crippen molar-refractivity contribution in [3.8, 4) is 0 Å². The van der Waals surface area contributed by atoms with Crippen LogP contribution in [-0.2, 0) is 9.53 Å². The molecule has 0 aromatic rings. The number of aliphatic imine (C=N–C) groups is 1. The zero-order valence-electron chi connectivity index (χ0n) is 17.7. The third kappa shape index (κ3) is 3.77. The molecule has 0 aromatic heterocycles. The molecule has 3 saturated carbocycles. The number of hydrogen-bond donors (Lipinski definition) is 2. The lowest BCUT2D eigenvalue weighted by atomic mass is 9.51. The quantitative estimate of drug-likeness (QED) is 0.541. The molecule has 4 aliphatic rings. The van der Waals surface area contributed by atoms with Gasteiger partial charge in [0.1, 0.15) is 0 Å². The molecule has 4 rings (SSSR count). The number of rotatable bonds is 6. The van der Waals surface area contributed by atoms with Gasteiger partial charge in [0.25, 0.3) is 0 Å². The Bertz CT molecular complexity index is 583. The van der Waals surface area contributed by atoms with Crippen LogP contribution in [0.4, 0.5) is 0 Å². The zero-order valence-corrected chi connectivity index (χ0v) is 17.7. The number of carbonyl (C=O) groups is 1. The molecule has 4 fully saturated rings. The fourth-order valence-electron chi connectivity index (χ4n) is 5.80. The summed E-state index contributed by atoms with van der Waals surface area (Å²) in [6.45, 7) is 7.44. The number of nitrogens with zero attached hydrogens (tertiary/aromatic N) is 2. The van der Waals surface area contributed by atoms with E-state index in [0.29, 0.717) is 29.5 Å². The number of nitrogens with one attached hydrogen (secondary N) is 2. The Morgan fingerprint density at radius 1 is 1.14 bits per heavy atom. The highest BCUT2D eigenvalue weighted by atomic mass is 16.5. The highest BCUT2D eigenvalue weighted by molar-refractivity contribution is 5.82. The number of ether oxygens (including phenoxy) is 1. The maximum Gasteiger partial charge on any atom is 0.225 e. The van der Waals surface area contributed by atoms with E-state index in [9.17, 15) is 4.79 Å². The van der Waals surface area contributed by atoms with Gasteiger partial charge in [0.05, 0.1) is 6.10 Å². The lowest BCUT2D eigenvalue weighted by Gasteiger charge is -2.61. The molecule has 1 saturated heterocycles. The number of guanidine groups is 1.